The summed E-state index contributed by atoms with van der Waals surface area (Å²) in [4.78, 5) is 11.9. The molecule has 2 aliphatic rings. The third-order valence-electron chi connectivity index (χ3n) is 4.08. The Morgan fingerprint density at radius 1 is 1.47 bits per heavy atom. The summed E-state index contributed by atoms with van der Waals surface area (Å²) in [6.07, 6.45) is 6.44. The van der Waals surface area contributed by atoms with Gasteiger partial charge in [0, 0.05) is 18.2 Å². The fourth-order valence-electron chi connectivity index (χ4n) is 2.74. The van der Waals surface area contributed by atoms with Crippen LogP contribution in [0.5, 0.6) is 0 Å². The highest BCUT2D eigenvalue weighted by Crippen LogP contribution is 2.40. The van der Waals surface area contributed by atoms with Gasteiger partial charge in [-0.15, -0.1) is 24.2 Å². The van der Waals surface area contributed by atoms with Gasteiger partial charge in [0.1, 0.15) is 0 Å². The molecule has 1 unspecified atom stereocenters. The molecule has 100 valence electrons. The van der Waals surface area contributed by atoms with Gasteiger partial charge in [0.05, 0.1) is 6.04 Å². The van der Waals surface area contributed by atoms with Crippen molar-refractivity contribution >= 4 is 30.1 Å². The molecule has 0 aromatic heterocycles. The van der Waals surface area contributed by atoms with Gasteiger partial charge < -0.3 is 5.32 Å². The van der Waals surface area contributed by atoms with Crippen molar-refractivity contribution in [2.45, 2.75) is 45.1 Å². The minimum absolute atomic E-state index is 0. The average Bonchev–Trinajstić information content (AvgIpc) is 2.98. The van der Waals surface area contributed by atoms with Crippen LogP contribution in [0.15, 0.2) is 0 Å². The fraction of sp³-hybridized carbons (Fsp3) is 0.917. The van der Waals surface area contributed by atoms with E-state index in [1.54, 1.807) is 11.8 Å². The number of hydrogen-bond donors (Lipinski definition) is 2. The van der Waals surface area contributed by atoms with Gasteiger partial charge in [0.25, 0.3) is 0 Å². The van der Waals surface area contributed by atoms with E-state index in [1.165, 1.54) is 32.1 Å². The fourth-order valence-corrected chi connectivity index (χ4v) is 3.68. The molecule has 0 radical (unpaired) electrons. The topological polar surface area (TPSA) is 41.1 Å². The van der Waals surface area contributed by atoms with Gasteiger partial charge in [-0.2, -0.15) is 0 Å². The van der Waals surface area contributed by atoms with E-state index in [2.05, 4.69) is 17.6 Å². The van der Waals surface area contributed by atoms with Crippen LogP contribution in [0.1, 0.15) is 39.0 Å². The molecule has 1 saturated carbocycles. The van der Waals surface area contributed by atoms with Crippen LogP contribution in [0.25, 0.3) is 0 Å². The second-order valence-electron chi connectivity index (χ2n) is 5.05. The Bertz CT molecular complexity index is 251. The lowest BCUT2D eigenvalue weighted by Crippen LogP contribution is -2.45. The van der Waals surface area contributed by atoms with Crippen molar-refractivity contribution in [3.8, 4) is 0 Å². The van der Waals surface area contributed by atoms with Gasteiger partial charge in [-0.25, -0.2) is 0 Å². The maximum Gasteiger partial charge on any atom is 0.238 e. The van der Waals surface area contributed by atoms with Gasteiger partial charge in [-0.3, -0.25) is 10.1 Å². The smallest absolute Gasteiger partial charge is 0.238 e. The summed E-state index contributed by atoms with van der Waals surface area (Å²) in [5, 5.41) is 6.36. The quantitative estimate of drug-likeness (QED) is 0.828. The van der Waals surface area contributed by atoms with Crippen molar-refractivity contribution in [2.24, 2.45) is 5.41 Å². The highest BCUT2D eigenvalue weighted by Gasteiger charge is 2.33. The number of thioether (sulfide) groups is 1. The Kier molecular flexibility index (Phi) is 6.10. The first-order valence-corrected chi connectivity index (χ1v) is 7.50. The highest BCUT2D eigenvalue weighted by molar-refractivity contribution is 7.99. The maximum absolute atomic E-state index is 11.9. The molecule has 1 amide bonds. The molecule has 2 N–H and O–H groups in total. The van der Waals surface area contributed by atoms with E-state index in [9.17, 15) is 4.79 Å². The Balaban J connectivity index is 0.00000144. The molecule has 0 spiro atoms. The van der Waals surface area contributed by atoms with Crippen LogP contribution in [0.3, 0.4) is 0 Å². The van der Waals surface area contributed by atoms with E-state index in [-0.39, 0.29) is 24.4 Å². The molecule has 1 saturated heterocycles. The highest BCUT2D eigenvalue weighted by atomic mass is 35.5. The van der Waals surface area contributed by atoms with E-state index in [1.807, 2.05) is 0 Å². The number of hydrogen-bond acceptors (Lipinski definition) is 3. The first-order chi connectivity index (χ1) is 7.76. The summed E-state index contributed by atoms with van der Waals surface area (Å²) in [5.41, 5.74) is 0.404. The SMILES string of the molecule is CCC1(CNC(=O)C2CSCN2)CCCC1.Cl. The molecule has 17 heavy (non-hydrogen) atoms. The predicted molar refractivity (Wildman–Crippen MR) is 75.7 cm³/mol. The van der Waals surface area contributed by atoms with Gasteiger partial charge in [-0.05, 0) is 24.7 Å². The second-order valence-corrected chi connectivity index (χ2v) is 6.08. The van der Waals surface area contributed by atoms with E-state index >= 15 is 0 Å². The van der Waals surface area contributed by atoms with Crippen LogP contribution in [0.2, 0.25) is 0 Å². The van der Waals surface area contributed by atoms with Crippen LogP contribution in [0.4, 0.5) is 0 Å². The van der Waals surface area contributed by atoms with Crippen LogP contribution in [0, 0.1) is 5.41 Å². The molecule has 1 heterocycles. The minimum atomic E-state index is 0. The zero-order valence-electron chi connectivity index (χ0n) is 10.5. The van der Waals surface area contributed by atoms with Crippen molar-refractivity contribution in [3.63, 3.8) is 0 Å². The summed E-state index contributed by atoms with van der Waals surface area (Å²) in [6.45, 7) is 3.13. The lowest BCUT2D eigenvalue weighted by Gasteiger charge is -2.28. The molecule has 1 aliphatic carbocycles. The molecule has 1 aliphatic heterocycles. The molecule has 3 nitrogen and oxygen atoms in total. The van der Waals surface area contributed by atoms with E-state index in [0.29, 0.717) is 5.41 Å². The summed E-state index contributed by atoms with van der Waals surface area (Å²) in [6, 6.07) is 0.0420. The number of halogens is 1. The third kappa shape index (κ3) is 3.76. The van der Waals surface area contributed by atoms with Gasteiger partial charge >= 0.3 is 0 Å². The second kappa shape index (κ2) is 6.86. The van der Waals surface area contributed by atoms with Crippen LogP contribution < -0.4 is 10.6 Å². The average molecular weight is 279 g/mol. The molecule has 2 fully saturated rings. The summed E-state index contributed by atoms with van der Waals surface area (Å²) in [7, 11) is 0. The van der Waals surface area contributed by atoms with Gasteiger partial charge in [-0.1, -0.05) is 19.8 Å². The molecular formula is C12H23ClN2OS. The van der Waals surface area contributed by atoms with Crippen molar-refractivity contribution in [2.75, 3.05) is 18.2 Å². The summed E-state index contributed by atoms with van der Waals surface area (Å²) < 4.78 is 0. The summed E-state index contributed by atoms with van der Waals surface area (Å²) >= 11 is 1.80. The zero-order valence-corrected chi connectivity index (χ0v) is 12.1. The first kappa shape index (κ1) is 15.1. The van der Waals surface area contributed by atoms with Crippen molar-refractivity contribution in [1.82, 2.24) is 10.6 Å². The first-order valence-electron chi connectivity index (χ1n) is 6.35. The third-order valence-corrected chi connectivity index (χ3v) is 5.02. The van der Waals surface area contributed by atoms with Crippen LogP contribution in [-0.2, 0) is 4.79 Å². The van der Waals surface area contributed by atoms with Gasteiger partial charge in [0.2, 0.25) is 5.91 Å². The zero-order chi connectivity index (χ0) is 11.4. The standard InChI is InChI=1S/C12H22N2OS.ClH/c1-2-12(5-3-4-6-12)8-13-11(15)10-7-16-9-14-10;/h10,14H,2-9H2,1H3,(H,13,15);1H. The molecule has 0 aromatic rings. The monoisotopic (exact) mass is 278 g/mol. The number of rotatable bonds is 4. The van der Waals surface area contributed by atoms with Crippen LogP contribution >= 0.6 is 24.2 Å². The Hall–Kier alpha value is 0.0700. The van der Waals surface area contributed by atoms with Crippen molar-refractivity contribution in [1.29, 1.82) is 0 Å². The predicted octanol–water partition coefficient (Wildman–Crippen LogP) is 2.16. The van der Waals surface area contributed by atoms with E-state index < -0.39 is 0 Å². The Morgan fingerprint density at radius 2 is 2.18 bits per heavy atom. The Morgan fingerprint density at radius 3 is 2.71 bits per heavy atom. The molecule has 1 atom stereocenters. The molecule has 0 bridgehead atoms. The number of amides is 1. The molecule has 2 rings (SSSR count). The number of nitrogens with one attached hydrogen (secondary N) is 2. The van der Waals surface area contributed by atoms with Gasteiger partial charge in [0.15, 0.2) is 0 Å². The normalized spacial score (nSPS) is 26.5. The minimum Gasteiger partial charge on any atom is -0.354 e. The lowest BCUT2D eigenvalue weighted by molar-refractivity contribution is -0.122. The number of carbonyl (C=O) groups is 1. The largest absolute Gasteiger partial charge is 0.354 e. The number of carbonyl (C=O) groups excluding carboxylic acids is 1. The summed E-state index contributed by atoms with van der Waals surface area (Å²) in [5.74, 6) is 2.03. The Labute approximate surface area is 114 Å². The van der Waals surface area contributed by atoms with Crippen LogP contribution in [-0.4, -0.2) is 30.1 Å². The lowest BCUT2D eigenvalue weighted by atomic mass is 9.83. The van der Waals surface area contributed by atoms with Crippen molar-refractivity contribution < 1.29 is 4.79 Å². The maximum atomic E-state index is 11.9. The molecule has 0 aromatic carbocycles. The van der Waals surface area contributed by atoms with E-state index in [0.717, 1.165) is 18.2 Å². The molecule has 5 heteroatoms. The van der Waals surface area contributed by atoms with Crippen molar-refractivity contribution in [3.05, 3.63) is 0 Å². The molecular weight excluding hydrogens is 256 g/mol. The van der Waals surface area contributed by atoms with E-state index in [4.69, 9.17) is 0 Å².